The van der Waals surface area contributed by atoms with Gasteiger partial charge in [0.25, 0.3) is 5.56 Å². The van der Waals surface area contributed by atoms with Crippen molar-refractivity contribution in [2.24, 2.45) is 0 Å². The van der Waals surface area contributed by atoms with Gasteiger partial charge < -0.3 is 9.32 Å². The smallest absolute Gasteiger partial charge is 0.297 e. The number of aromatic nitrogens is 2. The molecule has 0 spiro atoms. The van der Waals surface area contributed by atoms with Crippen LogP contribution in [0.15, 0.2) is 70.1 Å². The van der Waals surface area contributed by atoms with Crippen LogP contribution in [0, 0.1) is 0 Å². The second-order valence-electron chi connectivity index (χ2n) is 7.22. The standard InChI is InChI=1S/C23H23N3O3/c1-3-16(2)26(13-17-9-5-4-6-10-17)20(27)14-25-15-24-21-18-11-7-8-12-19(18)29-22(21)23(25)28/h4-12,15-16H,3,13-14H2,1-2H3/t16-/m0/s1. The number of nitrogens with zero attached hydrogens (tertiary/aromatic N) is 3. The van der Waals surface area contributed by atoms with Crippen molar-refractivity contribution in [3.63, 3.8) is 0 Å². The van der Waals surface area contributed by atoms with Gasteiger partial charge in [-0.15, -0.1) is 0 Å². The van der Waals surface area contributed by atoms with Gasteiger partial charge in [-0.3, -0.25) is 14.2 Å². The van der Waals surface area contributed by atoms with Crippen LogP contribution < -0.4 is 5.56 Å². The first-order valence-corrected chi connectivity index (χ1v) is 9.78. The lowest BCUT2D eigenvalue weighted by atomic mass is 10.1. The zero-order valence-corrected chi connectivity index (χ0v) is 16.5. The van der Waals surface area contributed by atoms with Gasteiger partial charge in [0.15, 0.2) is 0 Å². The zero-order valence-electron chi connectivity index (χ0n) is 16.5. The molecular formula is C23H23N3O3. The van der Waals surface area contributed by atoms with Crippen molar-refractivity contribution < 1.29 is 9.21 Å². The highest BCUT2D eigenvalue weighted by atomic mass is 16.3. The molecule has 1 amide bonds. The summed E-state index contributed by atoms with van der Waals surface area (Å²) in [7, 11) is 0. The van der Waals surface area contributed by atoms with E-state index < -0.39 is 0 Å². The number of amides is 1. The Morgan fingerprint density at radius 2 is 1.86 bits per heavy atom. The van der Waals surface area contributed by atoms with E-state index in [9.17, 15) is 9.59 Å². The molecule has 6 nitrogen and oxygen atoms in total. The Hall–Kier alpha value is -3.41. The summed E-state index contributed by atoms with van der Waals surface area (Å²) in [4.78, 5) is 32.2. The summed E-state index contributed by atoms with van der Waals surface area (Å²) in [6.07, 6.45) is 2.26. The minimum atomic E-state index is -0.344. The van der Waals surface area contributed by atoms with Crippen LogP contribution in [0.25, 0.3) is 22.1 Å². The lowest BCUT2D eigenvalue weighted by Gasteiger charge is -2.29. The molecule has 1 atom stereocenters. The van der Waals surface area contributed by atoms with Gasteiger partial charge in [-0.05, 0) is 31.0 Å². The van der Waals surface area contributed by atoms with Crippen LogP contribution in [0.3, 0.4) is 0 Å². The van der Waals surface area contributed by atoms with Crippen molar-refractivity contribution in [1.82, 2.24) is 14.5 Å². The minimum absolute atomic E-state index is 0.0568. The van der Waals surface area contributed by atoms with Gasteiger partial charge in [0.05, 0.1) is 6.33 Å². The minimum Gasteiger partial charge on any atom is -0.448 e. The quantitative estimate of drug-likeness (QED) is 0.500. The fourth-order valence-corrected chi connectivity index (χ4v) is 3.45. The van der Waals surface area contributed by atoms with E-state index in [1.165, 1.54) is 10.9 Å². The monoisotopic (exact) mass is 389 g/mol. The van der Waals surface area contributed by atoms with Crippen LogP contribution in [-0.2, 0) is 17.9 Å². The average Bonchev–Trinajstić information content (AvgIpc) is 3.13. The molecule has 0 aliphatic carbocycles. The Balaban J connectivity index is 1.65. The lowest BCUT2D eigenvalue weighted by molar-refractivity contribution is -0.134. The molecule has 6 heteroatoms. The van der Waals surface area contributed by atoms with E-state index in [1.807, 2.05) is 67.3 Å². The van der Waals surface area contributed by atoms with Crippen LogP contribution in [0.5, 0.6) is 0 Å². The van der Waals surface area contributed by atoms with E-state index in [1.54, 1.807) is 6.07 Å². The number of benzene rings is 2. The van der Waals surface area contributed by atoms with Crippen LogP contribution >= 0.6 is 0 Å². The summed E-state index contributed by atoms with van der Waals surface area (Å²) >= 11 is 0. The molecule has 0 unspecified atom stereocenters. The van der Waals surface area contributed by atoms with Crippen molar-refractivity contribution in [3.8, 4) is 0 Å². The number of carbonyl (C=O) groups is 1. The van der Waals surface area contributed by atoms with E-state index >= 15 is 0 Å². The predicted octanol–water partition coefficient (Wildman–Crippen LogP) is 3.97. The molecule has 2 heterocycles. The first-order chi connectivity index (χ1) is 14.1. The number of hydrogen-bond donors (Lipinski definition) is 0. The highest BCUT2D eigenvalue weighted by molar-refractivity contribution is 6.01. The normalized spacial score (nSPS) is 12.3. The first kappa shape index (κ1) is 18.9. The Bertz CT molecular complexity index is 1210. The van der Waals surface area contributed by atoms with Gasteiger partial charge in [0.1, 0.15) is 17.6 Å². The fraction of sp³-hybridized carbons (Fsp3) is 0.261. The van der Waals surface area contributed by atoms with Gasteiger partial charge in [-0.1, -0.05) is 49.4 Å². The summed E-state index contributed by atoms with van der Waals surface area (Å²) in [5, 5.41) is 0.795. The number of para-hydroxylation sites is 1. The molecule has 0 fully saturated rings. The molecular weight excluding hydrogens is 366 g/mol. The second-order valence-corrected chi connectivity index (χ2v) is 7.22. The molecule has 0 radical (unpaired) electrons. The van der Waals surface area contributed by atoms with Crippen LogP contribution in [0.1, 0.15) is 25.8 Å². The topological polar surface area (TPSA) is 68.3 Å². The molecule has 0 bridgehead atoms. The summed E-state index contributed by atoms with van der Waals surface area (Å²) in [6, 6.07) is 17.3. The first-order valence-electron chi connectivity index (χ1n) is 9.78. The zero-order chi connectivity index (χ0) is 20.4. The summed E-state index contributed by atoms with van der Waals surface area (Å²) in [5.41, 5.74) is 2.03. The fourth-order valence-electron chi connectivity index (χ4n) is 3.45. The molecule has 0 N–H and O–H groups in total. The molecule has 29 heavy (non-hydrogen) atoms. The third kappa shape index (κ3) is 3.66. The Morgan fingerprint density at radius 1 is 1.14 bits per heavy atom. The number of furan rings is 1. The highest BCUT2D eigenvalue weighted by Crippen LogP contribution is 2.24. The van der Waals surface area contributed by atoms with Crippen LogP contribution in [0.2, 0.25) is 0 Å². The maximum absolute atomic E-state index is 13.1. The Kier molecular flexibility index (Phi) is 5.16. The van der Waals surface area contributed by atoms with Gasteiger partial charge in [-0.2, -0.15) is 0 Å². The highest BCUT2D eigenvalue weighted by Gasteiger charge is 2.21. The van der Waals surface area contributed by atoms with Gasteiger partial charge >= 0.3 is 0 Å². The average molecular weight is 389 g/mol. The van der Waals surface area contributed by atoms with E-state index in [4.69, 9.17) is 4.42 Å². The number of carbonyl (C=O) groups excluding carboxylic acids is 1. The molecule has 2 aromatic heterocycles. The van der Waals surface area contributed by atoms with Crippen molar-refractivity contribution in [1.29, 1.82) is 0 Å². The number of rotatable bonds is 6. The predicted molar refractivity (Wildman–Crippen MR) is 113 cm³/mol. The summed E-state index contributed by atoms with van der Waals surface area (Å²) in [5.74, 6) is -0.123. The Morgan fingerprint density at radius 3 is 2.62 bits per heavy atom. The molecule has 0 aliphatic heterocycles. The molecule has 0 saturated carbocycles. The molecule has 4 rings (SSSR count). The van der Waals surface area contributed by atoms with Crippen molar-refractivity contribution >= 4 is 28.0 Å². The van der Waals surface area contributed by atoms with Crippen molar-refractivity contribution in [3.05, 3.63) is 76.8 Å². The van der Waals surface area contributed by atoms with E-state index in [0.29, 0.717) is 17.6 Å². The van der Waals surface area contributed by atoms with E-state index in [0.717, 1.165) is 17.4 Å². The van der Waals surface area contributed by atoms with Gasteiger partial charge in [-0.25, -0.2) is 4.98 Å². The summed E-state index contributed by atoms with van der Waals surface area (Å²) < 4.78 is 7.04. The SMILES string of the molecule is CC[C@H](C)N(Cc1ccccc1)C(=O)Cn1cnc2c(oc3ccccc32)c1=O. The summed E-state index contributed by atoms with van der Waals surface area (Å²) in [6.45, 7) is 4.49. The largest absolute Gasteiger partial charge is 0.448 e. The third-order valence-corrected chi connectivity index (χ3v) is 5.30. The second kappa shape index (κ2) is 7.91. The van der Waals surface area contributed by atoms with Crippen molar-refractivity contribution in [2.45, 2.75) is 39.4 Å². The van der Waals surface area contributed by atoms with Gasteiger partial charge in [0.2, 0.25) is 11.5 Å². The van der Waals surface area contributed by atoms with Gasteiger partial charge in [0, 0.05) is 18.0 Å². The number of fused-ring (bicyclic) bond motifs is 3. The maximum atomic E-state index is 13.1. The molecule has 4 aromatic rings. The molecule has 0 saturated heterocycles. The molecule has 2 aromatic carbocycles. The lowest BCUT2D eigenvalue weighted by Crippen LogP contribution is -2.41. The third-order valence-electron chi connectivity index (χ3n) is 5.30. The number of hydrogen-bond acceptors (Lipinski definition) is 4. The van der Waals surface area contributed by atoms with Crippen LogP contribution in [0.4, 0.5) is 0 Å². The van der Waals surface area contributed by atoms with Crippen LogP contribution in [-0.4, -0.2) is 26.4 Å². The van der Waals surface area contributed by atoms with E-state index in [2.05, 4.69) is 4.98 Å². The molecule has 0 aliphatic rings. The Labute approximate surface area is 168 Å². The maximum Gasteiger partial charge on any atom is 0.297 e. The molecule has 148 valence electrons. The van der Waals surface area contributed by atoms with E-state index in [-0.39, 0.29) is 29.6 Å². The van der Waals surface area contributed by atoms with Crippen molar-refractivity contribution in [2.75, 3.05) is 0 Å².